The summed E-state index contributed by atoms with van der Waals surface area (Å²) in [5, 5.41) is 7.20. The molecule has 0 saturated carbocycles. The first-order chi connectivity index (χ1) is 9.15. The van der Waals surface area contributed by atoms with Crippen LogP contribution >= 0.6 is 0 Å². The summed E-state index contributed by atoms with van der Waals surface area (Å²) in [5.41, 5.74) is -0.906. The van der Waals surface area contributed by atoms with E-state index >= 15 is 0 Å². The van der Waals surface area contributed by atoms with Crippen LogP contribution in [0.15, 0.2) is 0 Å². The molecule has 2 rings (SSSR count). The Labute approximate surface area is 108 Å². The molecule has 6 nitrogen and oxygen atoms in total. The molecule has 1 aromatic heterocycles. The van der Waals surface area contributed by atoms with Crippen LogP contribution in [0.3, 0.4) is 0 Å². The number of hydrogen-bond donors (Lipinski definition) is 0. The topological polar surface area (TPSA) is 66.2 Å². The van der Waals surface area contributed by atoms with Gasteiger partial charge < -0.3 is 9.47 Å². The van der Waals surface area contributed by atoms with E-state index in [1.54, 1.807) is 6.92 Å². The summed E-state index contributed by atoms with van der Waals surface area (Å²) >= 11 is 0. The number of halogens is 2. The molecule has 1 unspecified atom stereocenters. The third-order valence-electron chi connectivity index (χ3n) is 2.89. The van der Waals surface area contributed by atoms with E-state index in [0.29, 0.717) is 19.6 Å². The molecule has 8 heteroatoms. The number of esters is 1. The largest absolute Gasteiger partial charge is 0.461 e. The van der Waals surface area contributed by atoms with Crippen LogP contribution in [-0.4, -0.2) is 40.8 Å². The molecule has 2 heterocycles. The Morgan fingerprint density at radius 3 is 3.00 bits per heavy atom. The lowest BCUT2D eigenvalue weighted by molar-refractivity contribution is 0.0447. The minimum Gasteiger partial charge on any atom is -0.461 e. The van der Waals surface area contributed by atoms with E-state index in [-0.39, 0.29) is 12.6 Å². The average Bonchev–Trinajstić information content (AvgIpc) is 2.85. The van der Waals surface area contributed by atoms with Gasteiger partial charge in [0.2, 0.25) is 0 Å². The molecule has 0 bridgehead atoms. The minimum absolute atomic E-state index is 0.0981. The first kappa shape index (κ1) is 13.9. The van der Waals surface area contributed by atoms with Crippen molar-refractivity contribution >= 4 is 5.97 Å². The van der Waals surface area contributed by atoms with Crippen molar-refractivity contribution in [3.63, 3.8) is 0 Å². The minimum atomic E-state index is -2.84. The summed E-state index contributed by atoms with van der Waals surface area (Å²) in [6.45, 7) is 2.60. The zero-order valence-corrected chi connectivity index (χ0v) is 10.5. The van der Waals surface area contributed by atoms with Crippen molar-refractivity contribution < 1.29 is 23.0 Å². The Morgan fingerprint density at radius 1 is 1.63 bits per heavy atom. The van der Waals surface area contributed by atoms with Gasteiger partial charge in [-0.1, -0.05) is 5.21 Å². The van der Waals surface area contributed by atoms with Crippen molar-refractivity contribution in [3.8, 4) is 0 Å². The van der Waals surface area contributed by atoms with E-state index in [0.717, 1.165) is 11.1 Å². The first-order valence-corrected chi connectivity index (χ1v) is 6.13. The fourth-order valence-electron chi connectivity index (χ4n) is 2.04. The Hall–Kier alpha value is -1.57. The number of aromatic nitrogens is 3. The SMILES string of the molecule is CCOC(=O)c1nnn(C2CCCOC2)c1C(F)F. The fourth-order valence-corrected chi connectivity index (χ4v) is 2.04. The van der Waals surface area contributed by atoms with Crippen LogP contribution in [0, 0.1) is 0 Å². The summed E-state index contributed by atoms with van der Waals surface area (Å²) in [6.07, 6.45) is -1.40. The van der Waals surface area contributed by atoms with Crippen LogP contribution in [0.1, 0.15) is 48.4 Å². The fraction of sp³-hybridized carbons (Fsp3) is 0.727. The summed E-state index contributed by atoms with van der Waals surface area (Å²) in [6, 6.07) is -0.312. The Balaban J connectivity index is 2.30. The number of hydrogen-bond acceptors (Lipinski definition) is 5. The molecule has 0 aromatic carbocycles. The highest BCUT2D eigenvalue weighted by atomic mass is 19.3. The molecule has 1 aliphatic heterocycles. The van der Waals surface area contributed by atoms with Gasteiger partial charge in [0.05, 0.1) is 19.3 Å². The van der Waals surface area contributed by atoms with E-state index in [1.165, 1.54) is 0 Å². The predicted octanol–water partition coefficient (Wildman–Crippen LogP) is 1.74. The van der Waals surface area contributed by atoms with Gasteiger partial charge in [-0.25, -0.2) is 18.3 Å². The van der Waals surface area contributed by atoms with E-state index in [4.69, 9.17) is 9.47 Å². The lowest BCUT2D eigenvalue weighted by atomic mass is 10.1. The molecular weight excluding hydrogens is 260 g/mol. The van der Waals surface area contributed by atoms with Crippen LogP contribution in [0.5, 0.6) is 0 Å². The molecule has 0 N–H and O–H groups in total. The third-order valence-corrected chi connectivity index (χ3v) is 2.89. The second-order valence-corrected chi connectivity index (χ2v) is 4.16. The van der Waals surface area contributed by atoms with E-state index in [9.17, 15) is 13.6 Å². The predicted molar refractivity (Wildman–Crippen MR) is 60.0 cm³/mol. The van der Waals surface area contributed by atoms with Crippen LogP contribution in [0.4, 0.5) is 8.78 Å². The molecule has 19 heavy (non-hydrogen) atoms. The van der Waals surface area contributed by atoms with Gasteiger partial charge in [0.1, 0.15) is 5.69 Å². The standard InChI is InChI=1S/C11H15F2N3O3/c1-2-19-11(17)8-9(10(12)13)16(15-14-8)7-4-3-5-18-6-7/h7,10H,2-6H2,1H3. The zero-order valence-electron chi connectivity index (χ0n) is 10.5. The lowest BCUT2D eigenvalue weighted by Gasteiger charge is -2.23. The maximum atomic E-state index is 13.1. The van der Waals surface area contributed by atoms with Crippen molar-refractivity contribution in [2.75, 3.05) is 19.8 Å². The molecular formula is C11H15F2N3O3. The molecule has 106 valence electrons. The van der Waals surface area contributed by atoms with Crippen molar-refractivity contribution in [3.05, 3.63) is 11.4 Å². The van der Waals surface area contributed by atoms with Crippen molar-refractivity contribution in [1.82, 2.24) is 15.0 Å². The molecule has 1 aromatic rings. The molecule has 0 spiro atoms. The highest BCUT2D eigenvalue weighted by Crippen LogP contribution is 2.28. The zero-order chi connectivity index (χ0) is 13.8. The maximum Gasteiger partial charge on any atom is 0.361 e. The Morgan fingerprint density at radius 2 is 2.42 bits per heavy atom. The van der Waals surface area contributed by atoms with Gasteiger partial charge >= 0.3 is 5.97 Å². The third kappa shape index (κ3) is 2.89. The van der Waals surface area contributed by atoms with E-state index in [2.05, 4.69) is 10.3 Å². The smallest absolute Gasteiger partial charge is 0.361 e. The van der Waals surface area contributed by atoms with Crippen molar-refractivity contribution in [2.45, 2.75) is 32.2 Å². The summed E-state index contributed by atoms with van der Waals surface area (Å²) in [7, 11) is 0. The van der Waals surface area contributed by atoms with Gasteiger partial charge in [-0.05, 0) is 19.8 Å². The summed E-state index contributed by atoms with van der Waals surface area (Å²) in [4.78, 5) is 11.6. The molecule has 0 radical (unpaired) electrons. The summed E-state index contributed by atoms with van der Waals surface area (Å²) < 4.78 is 37.3. The first-order valence-electron chi connectivity index (χ1n) is 6.13. The summed E-state index contributed by atoms with van der Waals surface area (Å²) in [5.74, 6) is -0.874. The number of alkyl halides is 2. The maximum absolute atomic E-state index is 13.1. The van der Waals surface area contributed by atoms with Gasteiger partial charge in [-0.15, -0.1) is 5.10 Å². The van der Waals surface area contributed by atoms with E-state index < -0.39 is 23.8 Å². The highest BCUT2D eigenvalue weighted by Gasteiger charge is 2.31. The molecule has 0 aliphatic carbocycles. The molecule has 0 amide bonds. The number of ether oxygens (including phenoxy) is 2. The second-order valence-electron chi connectivity index (χ2n) is 4.16. The molecule has 1 atom stereocenters. The van der Waals surface area contributed by atoms with Gasteiger partial charge in [0, 0.05) is 6.61 Å². The van der Waals surface area contributed by atoms with Crippen LogP contribution in [-0.2, 0) is 9.47 Å². The van der Waals surface area contributed by atoms with Crippen LogP contribution in [0.2, 0.25) is 0 Å². The number of nitrogens with zero attached hydrogens (tertiary/aromatic N) is 3. The monoisotopic (exact) mass is 275 g/mol. The molecule has 1 fully saturated rings. The van der Waals surface area contributed by atoms with Gasteiger partial charge in [-0.3, -0.25) is 0 Å². The quantitative estimate of drug-likeness (QED) is 0.783. The lowest BCUT2D eigenvalue weighted by Crippen LogP contribution is -2.24. The average molecular weight is 275 g/mol. The van der Waals surface area contributed by atoms with Gasteiger partial charge in [0.15, 0.2) is 5.69 Å². The van der Waals surface area contributed by atoms with Crippen LogP contribution in [0.25, 0.3) is 0 Å². The van der Waals surface area contributed by atoms with Crippen molar-refractivity contribution in [1.29, 1.82) is 0 Å². The highest BCUT2D eigenvalue weighted by molar-refractivity contribution is 5.88. The number of carbonyl (C=O) groups is 1. The normalized spacial score (nSPS) is 19.7. The number of rotatable bonds is 4. The second kappa shape index (κ2) is 6.05. The molecule has 1 aliphatic rings. The van der Waals surface area contributed by atoms with Crippen molar-refractivity contribution in [2.24, 2.45) is 0 Å². The van der Waals surface area contributed by atoms with Crippen LogP contribution < -0.4 is 0 Å². The Bertz CT molecular complexity index is 444. The molecule has 1 saturated heterocycles. The Kier molecular flexibility index (Phi) is 4.41. The van der Waals surface area contributed by atoms with Gasteiger partial charge in [-0.2, -0.15) is 0 Å². The van der Waals surface area contributed by atoms with E-state index in [1.807, 2.05) is 0 Å². The van der Waals surface area contributed by atoms with Gasteiger partial charge in [0.25, 0.3) is 6.43 Å². The number of carbonyl (C=O) groups excluding carboxylic acids is 1.